The fourth-order valence-electron chi connectivity index (χ4n) is 3.09. The Morgan fingerprint density at radius 3 is 2.61 bits per heavy atom. The van der Waals surface area contributed by atoms with Gasteiger partial charge in [-0.2, -0.15) is 0 Å². The standard InChI is InChI=1S/C22H25NO5/c1-4-26-22(25)20-18-12-17(27-14-16(24)13-23(2)3)10-11-19(18)28-21(20)15-8-6-5-7-9-15/h5-12,16,24H,4,13-14H2,1-3H3/p+1/t16-/m1/s1. The molecule has 0 aliphatic heterocycles. The van der Waals surface area contributed by atoms with Crippen molar-refractivity contribution in [2.75, 3.05) is 33.9 Å². The van der Waals surface area contributed by atoms with Crippen molar-refractivity contribution in [3.63, 3.8) is 0 Å². The van der Waals surface area contributed by atoms with Gasteiger partial charge in [-0.15, -0.1) is 0 Å². The van der Waals surface area contributed by atoms with Gasteiger partial charge in [-0.25, -0.2) is 4.79 Å². The molecular formula is C22H26NO5+. The number of carbonyl (C=O) groups is 1. The Kier molecular flexibility index (Phi) is 6.34. The molecule has 2 aromatic carbocycles. The van der Waals surface area contributed by atoms with Gasteiger partial charge in [0, 0.05) is 10.9 Å². The van der Waals surface area contributed by atoms with Crippen molar-refractivity contribution in [1.29, 1.82) is 0 Å². The van der Waals surface area contributed by atoms with Crippen LogP contribution < -0.4 is 9.64 Å². The summed E-state index contributed by atoms with van der Waals surface area (Å²) in [5.41, 5.74) is 1.76. The van der Waals surface area contributed by atoms with Crippen LogP contribution in [0.15, 0.2) is 52.9 Å². The molecule has 0 aliphatic carbocycles. The molecule has 6 heteroatoms. The third-order valence-electron chi connectivity index (χ3n) is 4.26. The van der Waals surface area contributed by atoms with E-state index in [1.54, 1.807) is 25.1 Å². The molecule has 1 atom stereocenters. The molecule has 0 spiro atoms. The average molecular weight is 384 g/mol. The summed E-state index contributed by atoms with van der Waals surface area (Å²) in [6.07, 6.45) is -0.575. The first-order valence-electron chi connectivity index (χ1n) is 9.38. The summed E-state index contributed by atoms with van der Waals surface area (Å²) < 4.78 is 17.0. The van der Waals surface area contributed by atoms with Crippen LogP contribution in [0.4, 0.5) is 0 Å². The molecule has 3 rings (SSSR count). The van der Waals surface area contributed by atoms with Crippen LogP contribution in [-0.2, 0) is 4.74 Å². The highest BCUT2D eigenvalue weighted by Gasteiger charge is 2.23. The normalized spacial score (nSPS) is 12.3. The van der Waals surface area contributed by atoms with E-state index in [1.165, 1.54) is 0 Å². The number of carbonyl (C=O) groups excluding carboxylic acids is 1. The van der Waals surface area contributed by atoms with Crippen molar-refractivity contribution in [3.8, 4) is 17.1 Å². The summed E-state index contributed by atoms with van der Waals surface area (Å²) in [4.78, 5) is 13.8. The second kappa shape index (κ2) is 8.91. The topological polar surface area (TPSA) is 73.3 Å². The predicted molar refractivity (Wildman–Crippen MR) is 107 cm³/mol. The minimum Gasteiger partial charge on any atom is -0.491 e. The maximum atomic E-state index is 12.6. The van der Waals surface area contributed by atoms with E-state index in [-0.39, 0.29) is 13.2 Å². The molecule has 148 valence electrons. The molecular weight excluding hydrogens is 358 g/mol. The molecule has 1 aromatic heterocycles. The van der Waals surface area contributed by atoms with Crippen LogP contribution in [0.25, 0.3) is 22.3 Å². The van der Waals surface area contributed by atoms with E-state index < -0.39 is 12.1 Å². The van der Waals surface area contributed by atoms with Crippen molar-refractivity contribution >= 4 is 16.9 Å². The van der Waals surface area contributed by atoms with Crippen molar-refractivity contribution < 1.29 is 28.7 Å². The van der Waals surface area contributed by atoms with Crippen LogP contribution in [0, 0.1) is 0 Å². The van der Waals surface area contributed by atoms with Crippen LogP contribution in [-0.4, -0.2) is 51.0 Å². The number of hydrogen-bond acceptors (Lipinski definition) is 5. The summed E-state index contributed by atoms with van der Waals surface area (Å²) in [6.45, 7) is 2.80. The molecule has 6 nitrogen and oxygen atoms in total. The predicted octanol–water partition coefficient (Wildman–Crippen LogP) is 2.16. The molecule has 0 saturated carbocycles. The van der Waals surface area contributed by atoms with Crippen LogP contribution in [0.5, 0.6) is 5.75 Å². The van der Waals surface area contributed by atoms with Crippen LogP contribution >= 0.6 is 0 Å². The Balaban J connectivity index is 1.97. The molecule has 0 unspecified atom stereocenters. The summed E-state index contributed by atoms with van der Waals surface area (Å²) in [5.74, 6) is 0.599. The number of furan rings is 1. The van der Waals surface area contributed by atoms with E-state index in [9.17, 15) is 9.90 Å². The lowest BCUT2D eigenvalue weighted by Gasteiger charge is -2.14. The van der Waals surface area contributed by atoms with Crippen molar-refractivity contribution in [2.45, 2.75) is 13.0 Å². The van der Waals surface area contributed by atoms with E-state index >= 15 is 0 Å². The van der Waals surface area contributed by atoms with Crippen molar-refractivity contribution in [3.05, 3.63) is 54.1 Å². The van der Waals surface area contributed by atoms with Gasteiger partial charge in [0.2, 0.25) is 0 Å². The molecule has 1 heterocycles. The molecule has 0 bridgehead atoms. The van der Waals surface area contributed by atoms with Gasteiger partial charge in [0.25, 0.3) is 0 Å². The van der Waals surface area contributed by atoms with E-state index in [0.29, 0.717) is 34.6 Å². The third kappa shape index (κ3) is 4.52. The minimum absolute atomic E-state index is 0.175. The molecule has 0 fully saturated rings. The number of aliphatic hydroxyl groups excluding tert-OH is 1. The number of fused-ring (bicyclic) bond motifs is 1. The average Bonchev–Trinajstić information content (AvgIpc) is 3.05. The van der Waals surface area contributed by atoms with E-state index in [0.717, 1.165) is 10.5 Å². The summed E-state index contributed by atoms with van der Waals surface area (Å²) >= 11 is 0. The monoisotopic (exact) mass is 384 g/mol. The Morgan fingerprint density at radius 1 is 1.18 bits per heavy atom. The molecule has 3 aromatic rings. The van der Waals surface area contributed by atoms with Gasteiger partial charge < -0.3 is 23.9 Å². The zero-order valence-corrected chi connectivity index (χ0v) is 16.4. The first kappa shape index (κ1) is 19.9. The van der Waals surface area contributed by atoms with Crippen LogP contribution in [0.1, 0.15) is 17.3 Å². The van der Waals surface area contributed by atoms with Gasteiger partial charge in [-0.05, 0) is 25.1 Å². The first-order chi connectivity index (χ1) is 13.5. The third-order valence-corrected chi connectivity index (χ3v) is 4.26. The van der Waals surface area contributed by atoms with Gasteiger partial charge in [0.1, 0.15) is 41.9 Å². The molecule has 0 amide bonds. The molecule has 28 heavy (non-hydrogen) atoms. The Bertz CT molecular complexity index is 933. The fourth-order valence-corrected chi connectivity index (χ4v) is 3.09. The highest BCUT2D eigenvalue weighted by molar-refractivity contribution is 6.09. The maximum absolute atomic E-state index is 12.6. The number of esters is 1. The Hall–Kier alpha value is -2.83. The molecule has 2 N–H and O–H groups in total. The Morgan fingerprint density at radius 2 is 1.93 bits per heavy atom. The fraction of sp³-hybridized carbons (Fsp3) is 0.318. The van der Waals surface area contributed by atoms with Crippen molar-refractivity contribution in [2.24, 2.45) is 0 Å². The van der Waals surface area contributed by atoms with Gasteiger partial charge in [-0.3, -0.25) is 0 Å². The zero-order chi connectivity index (χ0) is 20.1. The van der Waals surface area contributed by atoms with Gasteiger partial charge in [0.05, 0.1) is 20.7 Å². The quantitative estimate of drug-likeness (QED) is 0.583. The molecule has 0 aliphatic rings. The lowest BCUT2D eigenvalue weighted by atomic mass is 10.1. The van der Waals surface area contributed by atoms with E-state index in [1.807, 2.05) is 44.4 Å². The minimum atomic E-state index is -0.575. The second-order valence-corrected chi connectivity index (χ2v) is 6.93. The summed E-state index contributed by atoms with van der Waals surface area (Å²) in [5, 5.41) is 10.6. The van der Waals surface area contributed by atoms with Crippen LogP contribution in [0.3, 0.4) is 0 Å². The molecule has 0 saturated heterocycles. The summed E-state index contributed by atoms with van der Waals surface area (Å²) in [7, 11) is 3.94. The number of rotatable bonds is 8. The maximum Gasteiger partial charge on any atom is 0.342 e. The number of aliphatic hydroxyl groups is 1. The Labute approximate surface area is 164 Å². The van der Waals surface area contributed by atoms with E-state index in [4.69, 9.17) is 13.9 Å². The summed E-state index contributed by atoms with van der Waals surface area (Å²) in [6, 6.07) is 14.7. The van der Waals surface area contributed by atoms with Gasteiger partial charge >= 0.3 is 5.97 Å². The van der Waals surface area contributed by atoms with E-state index in [2.05, 4.69) is 0 Å². The number of hydrogen-bond donors (Lipinski definition) is 2. The lowest BCUT2D eigenvalue weighted by Crippen LogP contribution is -3.07. The lowest BCUT2D eigenvalue weighted by molar-refractivity contribution is -0.861. The smallest absolute Gasteiger partial charge is 0.342 e. The largest absolute Gasteiger partial charge is 0.491 e. The first-order valence-corrected chi connectivity index (χ1v) is 9.38. The number of benzene rings is 2. The number of nitrogens with one attached hydrogen (secondary N) is 1. The number of ether oxygens (including phenoxy) is 2. The van der Waals surface area contributed by atoms with Gasteiger partial charge in [-0.1, -0.05) is 30.3 Å². The molecule has 0 radical (unpaired) electrons. The highest BCUT2D eigenvalue weighted by atomic mass is 16.5. The zero-order valence-electron chi connectivity index (χ0n) is 16.4. The highest BCUT2D eigenvalue weighted by Crippen LogP contribution is 2.36. The number of quaternary nitrogens is 1. The SMILES string of the molecule is CCOC(=O)c1c(-c2ccccc2)oc2ccc(OC[C@H](O)C[NH+](C)C)cc12. The van der Waals surface area contributed by atoms with Crippen LogP contribution in [0.2, 0.25) is 0 Å². The second-order valence-electron chi connectivity index (χ2n) is 6.93. The number of likely N-dealkylation sites (N-methyl/N-ethyl adjacent to an activating group) is 1. The van der Waals surface area contributed by atoms with Crippen molar-refractivity contribution in [1.82, 2.24) is 0 Å². The van der Waals surface area contributed by atoms with Gasteiger partial charge in [0.15, 0.2) is 0 Å².